The minimum Gasteiger partial charge on any atom is -0.497 e. The average Bonchev–Trinajstić information content (AvgIpc) is 3.28. The van der Waals surface area contributed by atoms with Crippen molar-refractivity contribution in [3.8, 4) is 5.75 Å². The molecule has 2 aromatic carbocycles. The summed E-state index contributed by atoms with van der Waals surface area (Å²) in [6.07, 6.45) is 2.30. The number of nitrogens with zero attached hydrogens (tertiary/aromatic N) is 3. The molecule has 178 valence electrons. The first-order valence-electron chi connectivity index (χ1n) is 11.8. The van der Waals surface area contributed by atoms with E-state index < -0.39 is 0 Å². The number of fused-ring (bicyclic) bond motifs is 1. The van der Waals surface area contributed by atoms with Gasteiger partial charge in [-0.1, -0.05) is 44.2 Å². The van der Waals surface area contributed by atoms with E-state index in [0.717, 1.165) is 59.3 Å². The van der Waals surface area contributed by atoms with E-state index in [0.29, 0.717) is 13.0 Å². The van der Waals surface area contributed by atoms with Crippen LogP contribution in [0.5, 0.6) is 5.75 Å². The fourth-order valence-corrected chi connectivity index (χ4v) is 5.63. The molecule has 0 bridgehead atoms. The predicted octanol–water partition coefficient (Wildman–Crippen LogP) is 6.11. The van der Waals surface area contributed by atoms with Gasteiger partial charge in [0.25, 0.3) is 0 Å². The summed E-state index contributed by atoms with van der Waals surface area (Å²) in [6, 6.07) is 14.4. The van der Waals surface area contributed by atoms with Crippen LogP contribution in [-0.2, 0) is 11.2 Å². The fraction of sp³-hybridized carbons (Fsp3) is 0.462. The lowest BCUT2D eigenvalue weighted by Gasteiger charge is -2.24. The van der Waals surface area contributed by atoms with Crippen LogP contribution in [0.1, 0.15) is 39.2 Å². The highest BCUT2D eigenvalue weighted by atomic mass is 32.2. The largest absolute Gasteiger partial charge is 0.497 e. The van der Waals surface area contributed by atoms with E-state index in [4.69, 9.17) is 9.72 Å². The molecular formula is C26H35N3O2S2. The zero-order valence-corrected chi connectivity index (χ0v) is 21.8. The Bertz CT molecular complexity index is 1020. The second-order valence-corrected chi connectivity index (χ2v) is 9.99. The molecule has 0 aliphatic rings. The Morgan fingerprint density at radius 2 is 1.82 bits per heavy atom. The lowest BCUT2D eigenvalue weighted by atomic mass is 10.1. The first-order valence-corrected chi connectivity index (χ1v) is 13.6. The predicted molar refractivity (Wildman–Crippen MR) is 142 cm³/mol. The van der Waals surface area contributed by atoms with E-state index in [-0.39, 0.29) is 5.91 Å². The van der Waals surface area contributed by atoms with Crippen LogP contribution >= 0.6 is 23.1 Å². The highest BCUT2D eigenvalue weighted by Crippen LogP contribution is 2.31. The molecule has 0 saturated carbocycles. The van der Waals surface area contributed by atoms with E-state index in [1.807, 2.05) is 17.0 Å². The van der Waals surface area contributed by atoms with Gasteiger partial charge >= 0.3 is 0 Å². The Morgan fingerprint density at radius 3 is 2.48 bits per heavy atom. The summed E-state index contributed by atoms with van der Waals surface area (Å²) in [5.41, 5.74) is 2.28. The molecule has 1 heterocycles. The van der Waals surface area contributed by atoms with Gasteiger partial charge in [0.15, 0.2) is 5.13 Å². The Kier molecular flexibility index (Phi) is 10.0. The Hall–Kier alpha value is -2.09. The number of benzene rings is 2. The number of carbonyl (C=O) groups is 1. The Balaban J connectivity index is 1.67. The highest BCUT2D eigenvalue weighted by Gasteiger charge is 2.21. The van der Waals surface area contributed by atoms with Crippen LogP contribution < -0.4 is 9.64 Å². The van der Waals surface area contributed by atoms with Crippen molar-refractivity contribution in [1.29, 1.82) is 0 Å². The number of likely N-dealkylation sites (N-methyl/N-ethyl adjacent to an activating group) is 1. The van der Waals surface area contributed by atoms with E-state index in [9.17, 15) is 4.79 Å². The lowest BCUT2D eigenvalue weighted by Crippen LogP contribution is -2.38. The monoisotopic (exact) mass is 485 g/mol. The fourth-order valence-electron chi connectivity index (χ4n) is 3.72. The smallest absolute Gasteiger partial charge is 0.228 e. The van der Waals surface area contributed by atoms with Gasteiger partial charge in [0.1, 0.15) is 5.75 Å². The first kappa shape index (κ1) is 25.5. The zero-order valence-electron chi connectivity index (χ0n) is 20.2. The number of anilines is 1. The van der Waals surface area contributed by atoms with Crippen LogP contribution in [-0.4, -0.2) is 54.8 Å². The second-order valence-electron chi connectivity index (χ2n) is 7.81. The Labute approximate surface area is 206 Å². The topological polar surface area (TPSA) is 45.7 Å². The molecule has 33 heavy (non-hydrogen) atoms. The molecule has 1 aromatic heterocycles. The van der Waals surface area contributed by atoms with Crippen LogP contribution in [0.2, 0.25) is 0 Å². The number of aromatic nitrogens is 1. The molecule has 3 rings (SSSR count). The number of methoxy groups -OCH3 is 1. The van der Waals surface area contributed by atoms with Gasteiger partial charge in [0.2, 0.25) is 5.91 Å². The maximum atomic E-state index is 13.3. The molecule has 0 spiro atoms. The molecule has 1 amide bonds. The number of aryl methyl sites for hydroxylation is 1. The SMILES string of the molecule is CCc1cccc2sc(N(CCN(CC)CC)C(=O)CCCSc3ccc(OC)cc3)nc12. The van der Waals surface area contributed by atoms with Crippen LogP contribution in [0.3, 0.4) is 0 Å². The number of ether oxygens (including phenoxy) is 1. The van der Waals surface area contributed by atoms with E-state index >= 15 is 0 Å². The van der Waals surface area contributed by atoms with Crippen LogP contribution in [0.4, 0.5) is 5.13 Å². The van der Waals surface area contributed by atoms with Gasteiger partial charge in [-0.25, -0.2) is 4.98 Å². The summed E-state index contributed by atoms with van der Waals surface area (Å²) in [4.78, 5) is 23.7. The molecule has 0 saturated heterocycles. The second kappa shape index (κ2) is 13.0. The summed E-state index contributed by atoms with van der Waals surface area (Å²) >= 11 is 3.40. The maximum absolute atomic E-state index is 13.3. The van der Waals surface area contributed by atoms with Crippen molar-refractivity contribution in [2.45, 2.75) is 44.9 Å². The number of para-hydroxylation sites is 1. The third-order valence-corrected chi connectivity index (χ3v) is 7.94. The van der Waals surface area contributed by atoms with Crippen molar-refractivity contribution in [3.05, 3.63) is 48.0 Å². The van der Waals surface area contributed by atoms with Gasteiger partial charge < -0.3 is 9.64 Å². The molecule has 5 nitrogen and oxygen atoms in total. The van der Waals surface area contributed by atoms with Crippen molar-refractivity contribution in [2.24, 2.45) is 0 Å². The van der Waals surface area contributed by atoms with E-state index in [1.165, 1.54) is 10.5 Å². The van der Waals surface area contributed by atoms with Crippen LogP contribution in [0.15, 0.2) is 47.4 Å². The number of thiazole rings is 1. The van der Waals surface area contributed by atoms with Gasteiger partial charge in [0, 0.05) is 24.4 Å². The van der Waals surface area contributed by atoms with Gasteiger partial charge in [-0.15, -0.1) is 11.8 Å². The van der Waals surface area contributed by atoms with Crippen molar-refractivity contribution in [1.82, 2.24) is 9.88 Å². The molecule has 0 N–H and O–H groups in total. The van der Waals surface area contributed by atoms with Gasteiger partial charge in [-0.05, 0) is 67.6 Å². The lowest BCUT2D eigenvalue weighted by molar-refractivity contribution is -0.118. The molecule has 0 aliphatic carbocycles. The summed E-state index contributed by atoms with van der Waals surface area (Å²) in [5, 5.41) is 0.825. The summed E-state index contributed by atoms with van der Waals surface area (Å²) in [6.45, 7) is 9.98. The van der Waals surface area contributed by atoms with Crippen molar-refractivity contribution >= 4 is 44.4 Å². The standard InChI is InChI=1S/C26H35N3O2S2/c1-5-20-10-8-11-23-25(20)27-26(33-23)29(18-17-28(6-2)7-3)24(30)12-9-19-32-22-15-13-21(31-4)14-16-22/h8,10-11,13-16H,5-7,9,12,17-19H2,1-4H3. The van der Waals surface area contributed by atoms with Gasteiger partial charge in [-0.2, -0.15) is 0 Å². The van der Waals surface area contributed by atoms with E-state index in [1.54, 1.807) is 30.2 Å². The third-order valence-electron chi connectivity index (χ3n) is 5.80. The molecule has 0 atom stereocenters. The van der Waals surface area contributed by atoms with Crippen molar-refractivity contribution in [3.63, 3.8) is 0 Å². The number of thioether (sulfide) groups is 1. The van der Waals surface area contributed by atoms with Gasteiger partial charge in [0.05, 0.1) is 17.3 Å². The molecule has 0 radical (unpaired) electrons. The van der Waals surface area contributed by atoms with Crippen LogP contribution in [0.25, 0.3) is 10.2 Å². The molecule has 3 aromatic rings. The average molecular weight is 486 g/mol. The molecule has 7 heteroatoms. The minimum atomic E-state index is 0.162. The molecule has 0 fully saturated rings. The van der Waals surface area contributed by atoms with Crippen molar-refractivity contribution in [2.75, 3.05) is 43.9 Å². The van der Waals surface area contributed by atoms with Gasteiger partial charge in [-0.3, -0.25) is 9.69 Å². The Morgan fingerprint density at radius 1 is 1.06 bits per heavy atom. The summed E-state index contributed by atoms with van der Waals surface area (Å²) in [7, 11) is 1.67. The quantitative estimate of drug-likeness (QED) is 0.216. The molecule has 0 unspecified atom stereocenters. The number of hydrogen-bond acceptors (Lipinski definition) is 6. The number of rotatable bonds is 13. The number of amides is 1. The third kappa shape index (κ3) is 6.95. The maximum Gasteiger partial charge on any atom is 0.228 e. The first-order chi connectivity index (χ1) is 16.1. The number of carbonyl (C=O) groups excluding carboxylic acids is 1. The summed E-state index contributed by atoms with van der Waals surface area (Å²) in [5.74, 6) is 1.93. The zero-order chi connectivity index (χ0) is 23.6. The van der Waals surface area contributed by atoms with Crippen LogP contribution in [0, 0.1) is 0 Å². The molecule has 0 aliphatic heterocycles. The molecular weight excluding hydrogens is 450 g/mol. The minimum absolute atomic E-state index is 0.162. The highest BCUT2D eigenvalue weighted by molar-refractivity contribution is 7.99. The van der Waals surface area contributed by atoms with E-state index in [2.05, 4.69) is 56.0 Å². The number of hydrogen-bond donors (Lipinski definition) is 0. The van der Waals surface area contributed by atoms with Crippen molar-refractivity contribution < 1.29 is 9.53 Å². The normalized spacial score (nSPS) is 11.3. The summed E-state index contributed by atoms with van der Waals surface area (Å²) < 4.78 is 6.37.